The average molecular weight is 292 g/mol. The van der Waals surface area contributed by atoms with Gasteiger partial charge in [-0.1, -0.05) is 24.3 Å². The number of fused-ring (bicyclic) bond motifs is 3. The summed E-state index contributed by atoms with van der Waals surface area (Å²) in [7, 11) is 0. The molecule has 21 heavy (non-hydrogen) atoms. The van der Waals surface area contributed by atoms with Crippen molar-refractivity contribution in [3.63, 3.8) is 0 Å². The second-order valence-electron chi connectivity index (χ2n) is 4.73. The van der Waals surface area contributed by atoms with Gasteiger partial charge in [0.1, 0.15) is 23.1 Å². The highest BCUT2D eigenvalue weighted by molar-refractivity contribution is 7.98. The molecule has 2 heterocycles. The van der Waals surface area contributed by atoms with E-state index in [0.29, 0.717) is 0 Å². The standard InChI is InChI=1S/C17H12N2OS/c1-21-12-6-4-5-11(9-12)15-17-16(19-10-18-15)13-7-2-3-8-14(13)20-17/h2-10H,1H3. The van der Waals surface area contributed by atoms with E-state index in [1.165, 1.54) is 4.90 Å². The van der Waals surface area contributed by atoms with Gasteiger partial charge in [0.15, 0.2) is 5.58 Å². The Morgan fingerprint density at radius 3 is 2.81 bits per heavy atom. The zero-order chi connectivity index (χ0) is 14.2. The molecule has 0 amide bonds. The summed E-state index contributed by atoms with van der Waals surface area (Å²) in [6.07, 6.45) is 3.67. The van der Waals surface area contributed by atoms with Crippen molar-refractivity contribution >= 4 is 33.8 Å². The summed E-state index contributed by atoms with van der Waals surface area (Å²) < 4.78 is 5.98. The van der Waals surface area contributed by atoms with Crippen molar-refractivity contribution in [1.82, 2.24) is 9.97 Å². The molecule has 0 radical (unpaired) electrons. The van der Waals surface area contributed by atoms with E-state index in [-0.39, 0.29) is 0 Å². The number of rotatable bonds is 2. The number of benzene rings is 2. The number of hydrogen-bond donors (Lipinski definition) is 0. The smallest absolute Gasteiger partial charge is 0.180 e. The molecule has 4 rings (SSSR count). The first-order valence-corrected chi connectivity index (χ1v) is 7.86. The first-order chi connectivity index (χ1) is 10.4. The molecule has 0 saturated carbocycles. The van der Waals surface area contributed by atoms with Gasteiger partial charge < -0.3 is 4.42 Å². The van der Waals surface area contributed by atoms with Gasteiger partial charge in [0.2, 0.25) is 0 Å². The minimum atomic E-state index is 0.747. The Labute approximate surface area is 126 Å². The number of para-hydroxylation sites is 1. The van der Waals surface area contributed by atoms with E-state index < -0.39 is 0 Å². The maximum atomic E-state index is 5.98. The number of furan rings is 1. The minimum Gasteiger partial charge on any atom is -0.452 e. The van der Waals surface area contributed by atoms with Crippen LogP contribution in [0.25, 0.3) is 33.3 Å². The van der Waals surface area contributed by atoms with Crippen molar-refractivity contribution in [3.8, 4) is 11.3 Å². The van der Waals surface area contributed by atoms with Crippen molar-refractivity contribution in [2.75, 3.05) is 6.26 Å². The lowest BCUT2D eigenvalue weighted by molar-refractivity contribution is 0.667. The lowest BCUT2D eigenvalue weighted by Crippen LogP contribution is -1.86. The van der Waals surface area contributed by atoms with Crippen LogP contribution in [0.3, 0.4) is 0 Å². The van der Waals surface area contributed by atoms with Crippen LogP contribution in [-0.4, -0.2) is 16.2 Å². The van der Waals surface area contributed by atoms with Crippen molar-refractivity contribution in [2.45, 2.75) is 4.90 Å². The van der Waals surface area contributed by atoms with Crippen LogP contribution in [0.5, 0.6) is 0 Å². The fourth-order valence-electron chi connectivity index (χ4n) is 2.50. The van der Waals surface area contributed by atoms with E-state index in [9.17, 15) is 0 Å². The van der Waals surface area contributed by atoms with Crippen molar-refractivity contribution < 1.29 is 4.42 Å². The molecule has 2 aromatic heterocycles. The van der Waals surface area contributed by atoms with E-state index >= 15 is 0 Å². The first kappa shape index (κ1) is 12.4. The van der Waals surface area contributed by atoms with Crippen LogP contribution in [0.1, 0.15) is 0 Å². The minimum absolute atomic E-state index is 0.747. The predicted molar refractivity (Wildman–Crippen MR) is 86.5 cm³/mol. The van der Waals surface area contributed by atoms with Crippen LogP contribution in [0.4, 0.5) is 0 Å². The molecule has 0 aliphatic rings. The van der Waals surface area contributed by atoms with Crippen molar-refractivity contribution in [1.29, 1.82) is 0 Å². The third-order valence-electron chi connectivity index (χ3n) is 3.50. The quantitative estimate of drug-likeness (QED) is 0.499. The first-order valence-electron chi connectivity index (χ1n) is 6.63. The van der Waals surface area contributed by atoms with Crippen LogP contribution in [0, 0.1) is 0 Å². The van der Waals surface area contributed by atoms with E-state index in [1.807, 2.05) is 30.3 Å². The summed E-state index contributed by atoms with van der Waals surface area (Å²) in [5, 5.41) is 1.03. The molecule has 0 saturated heterocycles. The van der Waals surface area contributed by atoms with Gasteiger partial charge in [-0.3, -0.25) is 0 Å². The molecule has 0 aliphatic heterocycles. The summed E-state index contributed by atoms with van der Waals surface area (Å²) in [6, 6.07) is 16.2. The largest absolute Gasteiger partial charge is 0.452 e. The summed E-state index contributed by atoms with van der Waals surface area (Å²) in [4.78, 5) is 10.0. The molecular weight excluding hydrogens is 280 g/mol. The molecule has 0 unspecified atom stereocenters. The van der Waals surface area contributed by atoms with Gasteiger partial charge in [0.25, 0.3) is 0 Å². The van der Waals surface area contributed by atoms with Gasteiger partial charge in [-0.25, -0.2) is 9.97 Å². The number of nitrogens with zero attached hydrogens (tertiary/aromatic N) is 2. The Balaban J connectivity index is 2.04. The van der Waals surface area contributed by atoms with Gasteiger partial charge in [0.05, 0.1) is 0 Å². The molecule has 0 N–H and O–H groups in total. The predicted octanol–water partition coefficient (Wildman–Crippen LogP) is 4.76. The fourth-order valence-corrected chi connectivity index (χ4v) is 2.96. The second kappa shape index (κ2) is 4.90. The van der Waals surface area contributed by atoms with Crippen LogP contribution >= 0.6 is 11.8 Å². The molecule has 0 bridgehead atoms. The lowest BCUT2D eigenvalue weighted by Gasteiger charge is -2.03. The van der Waals surface area contributed by atoms with Gasteiger partial charge in [-0.05, 0) is 30.5 Å². The Bertz CT molecular complexity index is 946. The third kappa shape index (κ3) is 1.99. The zero-order valence-corrected chi connectivity index (χ0v) is 12.2. The highest BCUT2D eigenvalue weighted by atomic mass is 32.2. The van der Waals surface area contributed by atoms with Gasteiger partial charge >= 0.3 is 0 Å². The van der Waals surface area contributed by atoms with E-state index in [0.717, 1.165) is 33.3 Å². The topological polar surface area (TPSA) is 38.9 Å². The second-order valence-corrected chi connectivity index (χ2v) is 5.61. The summed E-state index contributed by atoms with van der Waals surface area (Å²) in [6.45, 7) is 0. The Morgan fingerprint density at radius 2 is 1.90 bits per heavy atom. The molecule has 0 atom stereocenters. The Hall–Kier alpha value is -2.33. The third-order valence-corrected chi connectivity index (χ3v) is 4.23. The SMILES string of the molecule is CSc1cccc(-c2ncnc3c2oc2ccccc23)c1. The molecule has 4 aromatic rings. The van der Waals surface area contributed by atoms with Gasteiger partial charge in [-0.2, -0.15) is 0 Å². The normalized spacial score (nSPS) is 11.3. The monoisotopic (exact) mass is 292 g/mol. The fraction of sp³-hybridized carbons (Fsp3) is 0.0588. The molecule has 0 fully saturated rings. The molecule has 0 spiro atoms. The lowest BCUT2D eigenvalue weighted by atomic mass is 10.1. The van der Waals surface area contributed by atoms with Crippen LogP contribution < -0.4 is 0 Å². The van der Waals surface area contributed by atoms with Gasteiger partial charge in [-0.15, -0.1) is 11.8 Å². The number of hydrogen-bond acceptors (Lipinski definition) is 4. The van der Waals surface area contributed by atoms with Crippen LogP contribution in [-0.2, 0) is 0 Å². The molecule has 3 nitrogen and oxygen atoms in total. The van der Waals surface area contributed by atoms with E-state index in [2.05, 4.69) is 34.4 Å². The van der Waals surface area contributed by atoms with Crippen LogP contribution in [0.15, 0.2) is 64.2 Å². The molecule has 0 aliphatic carbocycles. The Kier molecular flexibility index (Phi) is 2.89. The average Bonchev–Trinajstić information content (AvgIpc) is 2.93. The highest BCUT2D eigenvalue weighted by Crippen LogP contribution is 2.33. The van der Waals surface area contributed by atoms with Gasteiger partial charge in [0, 0.05) is 15.8 Å². The molecule has 102 valence electrons. The van der Waals surface area contributed by atoms with Crippen LogP contribution in [0.2, 0.25) is 0 Å². The maximum absolute atomic E-state index is 5.98. The number of aromatic nitrogens is 2. The maximum Gasteiger partial charge on any atom is 0.180 e. The zero-order valence-electron chi connectivity index (χ0n) is 11.4. The highest BCUT2D eigenvalue weighted by Gasteiger charge is 2.14. The number of thioether (sulfide) groups is 1. The molecular formula is C17H12N2OS. The van der Waals surface area contributed by atoms with E-state index in [4.69, 9.17) is 4.42 Å². The van der Waals surface area contributed by atoms with Crippen molar-refractivity contribution in [2.24, 2.45) is 0 Å². The Morgan fingerprint density at radius 1 is 1.00 bits per heavy atom. The summed E-state index contributed by atoms with van der Waals surface area (Å²) in [5.74, 6) is 0. The van der Waals surface area contributed by atoms with E-state index in [1.54, 1.807) is 18.1 Å². The van der Waals surface area contributed by atoms with Crippen molar-refractivity contribution in [3.05, 3.63) is 54.9 Å². The molecule has 2 aromatic carbocycles. The summed E-state index contributed by atoms with van der Waals surface area (Å²) >= 11 is 1.71. The summed E-state index contributed by atoms with van der Waals surface area (Å²) in [5.41, 5.74) is 4.35. The molecule has 4 heteroatoms.